The lowest BCUT2D eigenvalue weighted by atomic mass is 9.88. The van der Waals surface area contributed by atoms with E-state index in [4.69, 9.17) is 0 Å². The molecule has 3 aromatic carbocycles. The standard InChI is InChI=1S/C26H25F4N3O3S/c1-31-37(35,18-12-10-17(11-13-18)36-26(28,29)30)32-21-6-4-8-24(25(21)34)33-22-7-3-2-5-19(22)20-15-16(27)9-14-23(20)33/h2-3,5,7,9-15,21,24-25,34H,4,6,8H2,1H3,(H,31,32,35). The van der Waals surface area contributed by atoms with Gasteiger partial charge in [0.2, 0.25) is 0 Å². The van der Waals surface area contributed by atoms with E-state index in [9.17, 15) is 26.9 Å². The molecular formula is C26H25F4N3O3S. The van der Waals surface area contributed by atoms with Gasteiger partial charge in [0, 0.05) is 34.9 Å². The van der Waals surface area contributed by atoms with Crippen molar-refractivity contribution in [3.63, 3.8) is 0 Å². The topological polar surface area (TPSA) is 75.9 Å². The molecule has 1 aliphatic carbocycles. The maximum atomic E-state index is 14.1. The molecule has 4 unspecified atom stereocenters. The molecule has 1 aliphatic rings. The van der Waals surface area contributed by atoms with Gasteiger partial charge in [0.15, 0.2) is 0 Å². The van der Waals surface area contributed by atoms with Crippen molar-refractivity contribution in [2.24, 2.45) is 4.36 Å². The van der Waals surface area contributed by atoms with Crippen LogP contribution in [0.15, 0.2) is 76.0 Å². The van der Waals surface area contributed by atoms with E-state index < -0.39 is 34.2 Å². The Labute approximate surface area is 211 Å². The first kappa shape index (κ1) is 25.5. The van der Waals surface area contributed by atoms with Crippen molar-refractivity contribution in [3.8, 4) is 5.75 Å². The summed E-state index contributed by atoms with van der Waals surface area (Å²) in [7, 11) is -1.91. The Hall–Kier alpha value is -3.15. The quantitative estimate of drug-likeness (QED) is 0.310. The molecule has 0 aliphatic heterocycles. The fourth-order valence-corrected chi connectivity index (χ4v) is 6.78. The largest absolute Gasteiger partial charge is 0.573 e. The highest BCUT2D eigenvalue weighted by molar-refractivity contribution is 7.91. The number of nitrogens with zero attached hydrogens (tertiary/aromatic N) is 2. The van der Waals surface area contributed by atoms with Gasteiger partial charge in [-0.15, -0.1) is 13.2 Å². The summed E-state index contributed by atoms with van der Waals surface area (Å²) in [5.74, 6) is -0.787. The summed E-state index contributed by atoms with van der Waals surface area (Å²) >= 11 is 0. The minimum absolute atomic E-state index is 0.172. The van der Waals surface area contributed by atoms with Crippen LogP contribution in [0.4, 0.5) is 17.6 Å². The summed E-state index contributed by atoms with van der Waals surface area (Å²) in [6.07, 6.45) is -3.92. The van der Waals surface area contributed by atoms with E-state index >= 15 is 0 Å². The summed E-state index contributed by atoms with van der Waals surface area (Å²) in [4.78, 5) is 0.172. The Morgan fingerprint density at radius 2 is 1.73 bits per heavy atom. The van der Waals surface area contributed by atoms with Crippen LogP contribution in [0.25, 0.3) is 21.8 Å². The number of aliphatic hydroxyl groups excluding tert-OH is 1. The highest BCUT2D eigenvalue weighted by Gasteiger charge is 2.36. The van der Waals surface area contributed by atoms with Crippen LogP contribution in [0.1, 0.15) is 25.3 Å². The normalized spacial score (nSPS) is 22.2. The Morgan fingerprint density at radius 1 is 1.03 bits per heavy atom. The smallest absolute Gasteiger partial charge is 0.406 e. The van der Waals surface area contributed by atoms with Crippen molar-refractivity contribution in [2.75, 3.05) is 7.05 Å². The molecule has 6 nitrogen and oxygen atoms in total. The van der Waals surface area contributed by atoms with Gasteiger partial charge in [-0.3, -0.25) is 0 Å². The van der Waals surface area contributed by atoms with E-state index in [-0.39, 0.29) is 16.8 Å². The minimum Gasteiger partial charge on any atom is -0.406 e. The average molecular weight is 536 g/mol. The number of aromatic nitrogens is 1. The fourth-order valence-electron chi connectivity index (χ4n) is 5.16. The third kappa shape index (κ3) is 4.90. The predicted octanol–water partition coefficient (Wildman–Crippen LogP) is 5.95. The van der Waals surface area contributed by atoms with Crippen LogP contribution in [0, 0.1) is 5.82 Å². The summed E-state index contributed by atoms with van der Waals surface area (Å²) < 4.78 is 78.2. The first-order valence-corrected chi connectivity index (χ1v) is 13.3. The molecule has 2 N–H and O–H groups in total. The second-order valence-corrected chi connectivity index (χ2v) is 11.1. The van der Waals surface area contributed by atoms with E-state index in [2.05, 4.69) is 13.8 Å². The van der Waals surface area contributed by atoms with Crippen molar-refractivity contribution < 1.29 is 31.6 Å². The highest BCUT2D eigenvalue weighted by atomic mass is 32.2. The second kappa shape index (κ2) is 9.62. The van der Waals surface area contributed by atoms with E-state index in [0.29, 0.717) is 19.3 Å². The van der Waals surface area contributed by atoms with Gasteiger partial charge in [-0.1, -0.05) is 18.2 Å². The highest BCUT2D eigenvalue weighted by Crippen LogP contribution is 2.38. The maximum absolute atomic E-state index is 14.1. The van der Waals surface area contributed by atoms with Gasteiger partial charge >= 0.3 is 6.36 Å². The number of hydrogen-bond acceptors (Lipinski definition) is 4. The van der Waals surface area contributed by atoms with Crippen molar-refractivity contribution in [1.29, 1.82) is 0 Å². The number of rotatable bonds is 5. The molecule has 196 valence electrons. The third-order valence-corrected chi connectivity index (χ3v) is 8.82. The molecule has 0 radical (unpaired) electrons. The summed E-state index contributed by atoms with van der Waals surface area (Å²) in [5, 5.41) is 13.1. The van der Waals surface area contributed by atoms with E-state index in [1.54, 1.807) is 6.07 Å². The molecular weight excluding hydrogens is 510 g/mol. The van der Waals surface area contributed by atoms with Gasteiger partial charge in [-0.2, -0.15) is 0 Å². The molecule has 0 saturated heterocycles. The van der Waals surface area contributed by atoms with Crippen LogP contribution in [0.3, 0.4) is 0 Å². The predicted molar refractivity (Wildman–Crippen MR) is 133 cm³/mol. The lowest BCUT2D eigenvalue weighted by Gasteiger charge is -2.37. The van der Waals surface area contributed by atoms with Crippen LogP contribution < -0.4 is 9.46 Å². The number of alkyl halides is 3. The monoisotopic (exact) mass is 535 g/mol. The van der Waals surface area contributed by atoms with E-state index in [0.717, 1.165) is 33.9 Å². The zero-order valence-corrected chi connectivity index (χ0v) is 20.6. The number of aliphatic hydroxyl groups is 1. The number of fused-ring (bicyclic) bond motifs is 3. The summed E-state index contributed by atoms with van der Waals surface area (Å²) in [6, 6.07) is 15.8. The van der Waals surface area contributed by atoms with Gasteiger partial charge in [0.05, 0.1) is 17.0 Å². The van der Waals surface area contributed by atoms with Gasteiger partial charge in [-0.25, -0.2) is 17.7 Å². The first-order valence-electron chi connectivity index (χ1n) is 11.7. The molecule has 1 aromatic heterocycles. The van der Waals surface area contributed by atoms with Crippen molar-refractivity contribution in [3.05, 3.63) is 72.5 Å². The molecule has 0 amide bonds. The van der Waals surface area contributed by atoms with Gasteiger partial charge in [0.25, 0.3) is 0 Å². The molecule has 1 heterocycles. The van der Waals surface area contributed by atoms with Crippen LogP contribution in [0.5, 0.6) is 5.75 Å². The molecule has 5 rings (SSSR count). The molecule has 1 saturated carbocycles. The van der Waals surface area contributed by atoms with Crippen LogP contribution in [-0.4, -0.2) is 39.4 Å². The Kier molecular flexibility index (Phi) is 6.63. The number of para-hydroxylation sites is 1. The molecule has 11 heteroatoms. The molecule has 37 heavy (non-hydrogen) atoms. The molecule has 0 spiro atoms. The Bertz CT molecular complexity index is 1560. The number of halogens is 4. The van der Waals surface area contributed by atoms with Gasteiger partial charge < -0.3 is 14.4 Å². The fraction of sp³-hybridized carbons (Fsp3) is 0.308. The second-order valence-electron chi connectivity index (χ2n) is 8.99. The summed E-state index contributed by atoms with van der Waals surface area (Å²) in [6.45, 7) is 0. The Balaban J connectivity index is 1.46. The molecule has 1 fully saturated rings. The minimum atomic E-state index is -4.84. The maximum Gasteiger partial charge on any atom is 0.573 e. The van der Waals surface area contributed by atoms with Crippen molar-refractivity contribution >= 4 is 31.7 Å². The number of ether oxygens (including phenoxy) is 1. The number of hydrogen-bond donors (Lipinski definition) is 2. The zero-order chi connectivity index (χ0) is 26.4. The lowest BCUT2D eigenvalue weighted by molar-refractivity contribution is -0.274. The van der Waals surface area contributed by atoms with E-state index in [1.165, 1.54) is 31.3 Å². The lowest BCUT2D eigenvalue weighted by Crippen LogP contribution is -2.49. The SMILES string of the molecule is CN=S(=O)(NC1CCCC(n2c3ccccc3c3cc(F)ccc32)C1O)c1ccc(OC(F)(F)F)cc1. The van der Waals surface area contributed by atoms with Crippen molar-refractivity contribution in [2.45, 2.75) is 48.7 Å². The van der Waals surface area contributed by atoms with Gasteiger partial charge in [0.1, 0.15) is 21.5 Å². The zero-order valence-electron chi connectivity index (χ0n) is 19.8. The third-order valence-electron chi connectivity index (χ3n) is 6.77. The molecule has 4 aromatic rings. The van der Waals surface area contributed by atoms with Crippen LogP contribution in [0.2, 0.25) is 0 Å². The van der Waals surface area contributed by atoms with Gasteiger partial charge in [-0.05, 0) is 67.8 Å². The average Bonchev–Trinajstić information content (AvgIpc) is 3.18. The van der Waals surface area contributed by atoms with Crippen LogP contribution >= 0.6 is 0 Å². The molecule has 0 bridgehead atoms. The summed E-state index contributed by atoms with van der Waals surface area (Å²) in [5.41, 5.74) is 1.64. The van der Waals surface area contributed by atoms with Crippen LogP contribution in [-0.2, 0) is 9.92 Å². The molecule has 4 atom stereocenters. The first-order chi connectivity index (χ1) is 17.6. The Morgan fingerprint density at radius 3 is 2.43 bits per heavy atom. The number of nitrogens with one attached hydrogen (secondary N) is 1. The van der Waals surface area contributed by atoms with Crippen molar-refractivity contribution in [1.82, 2.24) is 9.29 Å². The van der Waals surface area contributed by atoms with E-state index in [1.807, 2.05) is 28.8 Å². The number of benzene rings is 3.